The number of aromatic amines is 1. The zero-order chi connectivity index (χ0) is 12.4. The highest BCUT2D eigenvalue weighted by Gasteiger charge is 2.20. The number of H-pyrrole nitrogens is 1. The van der Waals surface area contributed by atoms with Crippen molar-refractivity contribution in [1.82, 2.24) is 15.2 Å². The summed E-state index contributed by atoms with van der Waals surface area (Å²) in [6, 6.07) is 8.12. The summed E-state index contributed by atoms with van der Waals surface area (Å²) in [6.45, 7) is 0.571. The Hall–Kier alpha value is -1.68. The summed E-state index contributed by atoms with van der Waals surface area (Å²) in [7, 11) is 0. The molecule has 0 bridgehead atoms. The number of nitrogens with two attached hydrogens (primary N) is 1. The van der Waals surface area contributed by atoms with E-state index in [1.807, 2.05) is 24.3 Å². The molecule has 3 N–H and O–H groups in total. The largest absolute Gasteiger partial charge is 0.326 e. The van der Waals surface area contributed by atoms with Gasteiger partial charge in [-0.05, 0) is 18.4 Å². The summed E-state index contributed by atoms with van der Waals surface area (Å²) < 4.78 is 0. The molecule has 1 aromatic heterocycles. The lowest BCUT2D eigenvalue weighted by Crippen LogP contribution is -1.95. The first kappa shape index (κ1) is 11.4. The van der Waals surface area contributed by atoms with E-state index in [9.17, 15) is 0 Å². The number of nitrogens with one attached hydrogen (secondary N) is 1. The highest BCUT2D eigenvalue weighted by Crippen LogP contribution is 2.32. The molecule has 0 unspecified atom stereocenters. The molecule has 1 aliphatic rings. The van der Waals surface area contributed by atoms with Gasteiger partial charge in [-0.15, -0.1) is 0 Å². The van der Waals surface area contributed by atoms with Gasteiger partial charge in [-0.3, -0.25) is 5.10 Å². The molecule has 1 aromatic carbocycles. The molecule has 4 heteroatoms. The Morgan fingerprint density at radius 2 is 1.89 bits per heavy atom. The van der Waals surface area contributed by atoms with E-state index in [4.69, 9.17) is 5.73 Å². The fourth-order valence-electron chi connectivity index (χ4n) is 2.58. The molecule has 2 aromatic rings. The molecule has 1 fully saturated rings. The van der Waals surface area contributed by atoms with Crippen molar-refractivity contribution in [2.75, 3.05) is 0 Å². The van der Waals surface area contributed by atoms with Gasteiger partial charge in [0.2, 0.25) is 0 Å². The van der Waals surface area contributed by atoms with Gasteiger partial charge < -0.3 is 5.73 Å². The number of rotatable bonds is 3. The van der Waals surface area contributed by atoms with E-state index in [-0.39, 0.29) is 0 Å². The van der Waals surface area contributed by atoms with Gasteiger partial charge >= 0.3 is 0 Å². The maximum Gasteiger partial charge on any atom is 0.181 e. The van der Waals surface area contributed by atoms with Crippen molar-refractivity contribution in [3.05, 3.63) is 35.7 Å². The van der Waals surface area contributed by atoms with Crippen LogP contribution < -0.4 is 5.73 Å². The van der Waals surface area contributed by atoms with Gasteiger partial charge in [-0.25, -0.2) is 4.98 Å². The maximum absolute atomic E-state index is 5.59. The minimum Gasteiger partial charge on any atom is -0.326 e. The molecular formula is C14H18N4. The topological polar surface area (TPSA) is 67.6 Å². The van der Waals surface area contributed by atoms with Gasteiger partial charge in [-0.1, -0.05) is 37.1 Å². The molecule has 4 nitrogen and oxygen atoms in total. The fraction of sp³-hybridized carbons (Fsp3) is 0.429. The van der Waals surface area contributed by atoms with Gasteiger partial charge in [0.1, 0.15) is 5.82 Å². The van der Waals surface area contributed by atoms with Crippen molar-refractivity contribution in [2.24, 2.45) is 5.73 Å². The second-order valence-corrected chi connectivity index (χ2v) is 4.93. The van der Waals surface area contributed by atoms with Crippen molar-refractivity contribution in [1.29, 1.82) is 0 Å². The van der Waals surface area contributed by atoms with Crippen LogP contribution in [0, 0.1) is 0 Å². The first-order valence-corrected chi connectivity index (χ1v) is 6.58. The quantitative estimate of drug-likeness (QED) is 0.869. The first-order chi connectivity index (χ1) is 8.86. The molecular weight excluding hydrogens is 224 g/mol. The summed E-state index contributed by atoms with van der Waals surface area (Å²) in [5.41, 5.74) is 7.77. The second kappa shape index (κ2) is 4.90. The third-order valence-corrected chi connectivity index (χ3v) is 3.69. The molecule has 1 aliphatic carbocycles. The molecule has 0 atom stereocenters. The van der Waals surface area contributed by atoms with Crippen LogP contribution in [0.25, 0.3) is 11.4 Å². The Balaban J connectivity index is 1.82. The average molecular weight is 242 g/mol. The van der Waals surface area contributed by atoms with Crippen LogP contribution in [0.1, 0.15) is 43.0 Å². The monoisotopic (exact) mass is 242 g/mol. The van der Waals surface area contributed by atoms with Crippen LogP contribution >= 0.6 is 0 Å². The summed E-state index contributed by atoms with van der Waals surface area (Å²) in [4.78, 5) is 4.62. The van der Waals surface area contributed by atoms with E-state index >= 15 is 0 Å². The van der Waals surface area contributed by atoms with Crippen LogP contribution in [0.4, 0.5) is 0 Å². The lowest BCUT2D eigenvalue weighted by Gasteiger charge is -2.02. The van der Waals surface area contributed by atoms with Crippen molar-refractivity contribution in [3.8, 4) is 11.4 Å². The molecule has 3 rings (SSSR count). The van der Waals surface area contributed by atoms with E-state index in [1.165, 1.54) is 25.7 Å². The van der Waals surface area contributed by atoms with E-state index in [2.05, 4.69) is 15.2 Å². The summed E-state index contributed by atoms with van der Waals surface area (Å²) >= 11 is 0. The standard InChI is InChI=1S/C14H18N4/c15-9-10-5-7-12(8-6-10)14-16-13(17-18-14)11-3-1-2-4-11/h5-8,11H,1-4,9,15H2,(H,16,17,18). The average Bonchev–Trinajstić information content (AvgIpc) is 3.09. The SMILES string of the molecule is NCc1ccc(-c2n[nH]c(C3CCCC3)n2)cc1. The van der Waals surface area contributed by atoms with Crippen LogP contribution in [0.2, 0.25) is 0 Å². The van der Waals surface area contributed by atoms with Gasteiger partial charge in [0, 0.05) is 18.0 Å². The molecule has 0 spiro atoms. The lowest BCUT2D eigenvalue weighted by atomic mass is 10.1. The van der Waals surface area contributed by atoms with Gasteiger partial charge in [0.25, 0.3) is 0 Å². The minimum absolute atomic E-state index is 0.571. The third-order valence-electron chi connectivity index (χ3n) is 3.69. The van der Waals surface area contributed by atoms with E-state index in [1.54, 1.807) is 0 Å². The predicted octanol–water partition coefficient (Wildman–Crippen LogP) is 2.59. The lowest BCUT2D eigenvalue weighted by molar-refractivity contribution is 0.672. The second-order valence-electron chi connectivity index (χ2n) is 4.93. The van der Waals surface area contributed by atoms with Crippen molar-refractivity contribution < 1.29 is 0 Å². The molecule has 1 saturated carbocycles. The zero-order valence-electron chi connectivity index (χ0n) is 10.4. The van der Waals surface area contributed by atoms with Crippen LogP contribution in [0.5, 0.6) is 0 Å². The Morgan fingerprint density at radius 3 is 2.56 bits per heavy atom. The Labute approximate surface area is 107 Å². The van der Waals surface area contributed by atoms with E-state index in [0.717, 1.165) is 22.8 Å². The number of hydrogen-bond acceptors (Lipinski definition) is 3. The van der Waals surface area contributed by atoms with Crippen LogP contribution in [0.3, 0.4) is 0 Å². The Bertz CT molecular complexity index is 509. The van der Waals surface area contributed by atoms with Crippen molar-refractivity contribution in [3.63, 3.8) is 0 Å². The van der Waals surface area contributed by atoms with Gasteiger partial charge in [0.15, 0.2) is 5.82 Å². The highest BCUT2D eigenvalue weighted by molar-refractivity contribution is 5.55. The van der Waals surface area contributed by atoms with Crippen molar-refractivity contribution in [2.45, 2.75) is 38.1 Å². The normalized spacial score (nSPS) is 16.3. The highest BCUT2D eigenvalue weighted by atomic mass is 15.2. The van der Waals surface area contributed by atoms with Gasteiger partial charge in [0.05, 0.1) is 0 Å². The summed E-state index contributed by atoms with van der Waals surface area (Å²) in [5, 5.41) is 7.41. The fourth-order valence-corrected chi connectivity index (χ4v) is 2.58. The molecule has 1 heterocycles. The summed E-state index contributed by atoms with van der Waals surface area (Å²) in [5.74, 6) is 2.42. The third kappa shape index (κ3) is 2.16. The summed E-state index contributed by atoms with van der Waals surface area (Å²) in [6.07, 6.45) is 5.10. The molecule has 18 heavy (non-hydrogen) atoms. The van der Waals surface area contributed by atoms with Crippen LogP contribution in [-0.4, -0.2) is 15.2 Å². The van der Waals surface area contributed by atoms with Crippen LogP contribution in [-0.2, 0) is 6.54 Å². The smallest absolute Gasteiger partial charge is 0.181 e. The number of benzene rings is 1. The van der Waals surface area contributed by atoms with E-state index in [0.29, 0.717) is 12.5 Å². The van der Waals surface area contributed by atoms with Crippen LogP contribution in [0.15, 0.2) is 24.3 Å². The zero-order valence-corrected chi connectivity index (χ0v) is 10.4. The predicted molar refractivity (Wildman–Crippen MR) is 70.9 cm³/mol. The Morgan fingerprint density at radius 1 is 1.17 bits per heavy atom. The minimum atomic E-state index is 0.571. The molecule has 94 valence electrons. The molecule has 0 saturated heterocycles. The first-order valence-electron chi connectivity index (χ1n) is 6.58. The molecule has 0 aliphatic heterocycles. The molecule has 0 amide bonds. The molecule has 0 radical (unpaired) electrons. The van der Waals surface area contributed by atoms with Crippen molar-refractivity contribution >= 4 is 0 Å². The maximum atomic E-state index is 5.59. The van der Waals surface area contributed by atoms with E-state index < -0.39 is 0 Å². The van der Waals surface area contributed by atoms with Gasteiger partial charge in [-0.2, -0.15) is 5.10 Å². The number of nitrogens with zero attached hydrogens (tertiary/aromatic N) is 2. The number of hydrogen-bond donors (Lipinski definition) is 2. The Kier molecular flexibility index (Phi) is 3.11. The number of aromatic nitrogens is 3.